The Labute approximate surface area is 421 Å². The van der Waals surface area contributed by atoms with E-state index in [1.807, 2.05) is 27.2 Å². The van der Waals surface area contributed by atoms with Crippen LogP contribution in [0.3, 0.4) is 0 Å². The second-order valence-electron chi connectivity index (χ2n) is 20.2. The Morgan fingerprint density at radius 2 is 0.912 bits per heavy atom. The van der Waals surface area contributed by atoms with E-state index in [0.717, 1.165) is 77.0 Å². The first-order valence-corrected chi connectivity index (χ1v) is 29.8. The van der Waals surface area contributed by atoms with Crippen molar-refractivity contribution in [3.05, 3.63) is 72.9 Å². The zero-order chi connectivity index (χ0) is 49.9. The number of nitrogens with one attached hydrogen (secondary N) is 1. The van der Waals surface area contributed by atoms with Crippen LogP contribution in [-0.4, -0.2) is 68.5 Å². The minimum absolute atomic E-state index is 0.0142. The molecule has 0 aliphatic carbocycles. The molecule has 0 aliphatic heterocycles. The number of allylic oxidation sites excluding steroid dienone is 11. The molecule has 0 saturated carbocycles. The highest BCUT2D eigenvalue weighted by Crippen LogP contribution is 2.38. The summed E-state index contributed by atoms with van der Waals surface area (Å²) in [6, 6.07) is -0.919. The molecule has 0 aromatic heterocycles. The van der Waals surface area contributed by atoms with Crippen molar-refractivity contribution in [1.29, 1.82) is 0 Å². The Balaban J connectivity index is 4.27. The Bertz CT molecular complexity index is 1330. The van der Waals surface area contributed by atoms with Crippen molar-refractivity contribution in [1.82, 2.24) is 5.32 Å². The molecule has 3 atom stereocenters. The number of quaternary nitrogens is 1. The summed E-state index contributed by atoms with van der Waals surface area (Å²) in [4.78, 5) is 25.4. The van der Waals surface area contributed by atoms with E-state index in [4.69, 9.17) is 9.05 Å². The topological polar surface area (TPSA) is 108 Å². The zero-order valence-electron chi connectivity index (χ0n) is 45.0. The first-order valence-electron chi connectivity index (χ1n) is 28.3. The lowest BCUT2D eigenvalue weighted by atomic mass is 10.0. The molecule has 0 bridgehead atoms. The van der Waals surface area contributed by atoms with Gasteiger partial charge >= 0.3 is 0 Å². The van der Waals surface area contributed by atoms with E-state index in [-0.39, 0.29) is 12.5 Å². The van der Waals surface area contributed by atoms with Gasteiger partial charge in [0, 0.05) is 6.42 Å². The van der Waals surface area contributed by atoms with Crippen molar-refractivity contribution < 1.29 is 32.9 Å². The molecule has 0 aromatic carbocycles. The molecule has 9 heteroatoms. The number of carbonyl (C=O) groups is 1. The summed E-state index contributed by atoms with van der Waals surface area (Å²) in [7, 11) is 1.22. The van der Waals surface area contributed by atoms with Crippen LogP contribution in [0.4, 0.5) is 0 Å². The fraction of sp³-hybridized carbons (Fsp3) is 0.780. The van der Waals surface area contributed by atoms with Crippen LogP contribution in [0.25, 0.3) is 0 Å². The number of phosphoric acid groups is 1. The van der Waals surface area contributed by atoms with E-state index >= 15 is 0 Å². The standard InChI is InChI=1S/C59H109N2O6P/c1-6-8-10-12-14-16-18-20-22-24-25-26-27-28-29-30-31-32-33-34-35-37-38-40-42-44-46-48-50-52-58(62)57(56-67-68(64,65)66-55-54-61(3,4)5)60-59(63)53-51-49-47-45-43-41-39-36-23-21-19-17-15-13-11-9-7-2/h9,11,15,17,21,23,35,37,42,44,50,52,57-58,62H,6-8,10,12-14,16,18-20,22,24-34,36,38-41,43,45-49,51,53-56H2,1-5H3,(H-,60,63,64,65)/b11-9-,17-15-,23-21-,37-35+,44-42+,52-50+. The normalized spacial score (nSPS) is 14.5. The smallest absolute Gasteiger partial charge is 0.268 e. The van der Waals surface area contributed by atoms with Gasteiger partial charge in [0.25, 0.3) is 7.82 Å². The summed E-state index contributed by atoms with van der Waals surface area (Å²) in [6.07, 6.45) is 68.5. The first-order chi connectivity index (χ1) is 33.0. The van der Waals surface area contributed by atoms with Gasteiger partial charge in [0.2, 0.25) is 5.91 Å². The Morgan fingerprint density at radius 3 is 1.37 bits per heavy atom. The van der Waals surface area contributed by atoms with Gasteiger partial charge in [0.15, 0.2) is 0 Å². The summed E-state index contributed by atoms with van der Waals surface area (Å²) in [5, 5.41) is 13.8. The van der Waals surface area contributed by atoms with Crippen molar-refractivity contribution in [2.75, 3.05) is 40.9 Å². The van der Waals surface area contributed by atoms with Gasteiger partial charge in [-0.1, -0.05) is 234 Å². The van der Waals surface area contributed by atoms with E-state index in [1.165, 1.54) is 148 Å². The highest BCUT2D eigenvalue weighted by molar-refractivity contribution is 7.45. The number of amides is 1. The van der Waals surface area contributed by atoms with Crippen LogP contribution in [0.2, 0.25) is 0 Å². The number of aliphatic hydroxyl groups excluding tert-OH is 1. The van der Waals surface area contributed by atoms with Crippen molar-refractivity contribution in [2.45, 2.75) is 257 Å². The van der Waals surface area contributed by atoms with Gasteiger partial charge in [-0.25, -0.2) is 0 Å². The SMILES string of the molecule is CC/C=C\C/C=C\C/C=C\CCCCCCCCCC(=O)NC(COP(=O)([O-])OCC[N+](C)(C)C)C(O)/C=C/CC/C=C/CC/C=C/CCCCCCCCCCCCCCCCCCCCC. The van der Waals surface area contributed by atoms with Gasteiger partial charge in [-0.2, -0.15) is 0 Å². The van der Waals surface area contributed by atoms with E-state index < -0.39 is 26.6 Å². The van der Waals surface area contributed by atoms with Gasteiger partial charge < -0.3 is 28.8 Å². The van der Waals surface area contributed by atoms with Crippen LogP contribution in [-0.2, 0) is 18.4 Å². The first kappa shape index (κ1) is 65.9. The Kier molecular flexibility index (Phi) is 48.4. The average molecular weight is 974 g/mol. The maximum absolute atomic E-state index is 12.9. The summed E-state index contributed by atoms with van der Waals surface area (Å²) >= 11 is 0. The minimum Gasteiger partial charge on any atom is -0.756 e. The van der Waals surface area contributed by atoms with Gasteiger partial charge in [-0.3, -0.25) is 9.36 Å². The number of likely N-dealkylation sites (N-methyl/N-ethyl adjacent to an activating group) is 1. The maximum atomic E-state index is 12.9. The fourth-order valence-electron chi connectivity index (χ4n) is 7.96. The third-order valence-corrected chi connectivity index (χ3v) is 13.3. The quantitative estimate of drug-likeness (QED) is 0.0272. The van der Waals surface area contributed by atoms with Crippen LogP contribution in [0.1, 0.15) is 245 Å². The van der Waals surface area contributed by atoms with Crippen molar-refractivity contribution in [3.63, 3.8) is 0 Å². The van der Waals surface area contributed by atoms with Crippen LogP contribution in [0, 0.1) is 0 Å². The second-order valence-corrected chi connectivity index (χ2v) is 21.7. The molecule has 8 nitrogen and oxygen atoms in total. The Morgan fingerprint density at radius 1 is 0.529 bits per heavy atom. The van der Waals surface area contributed by atoms with E-state index in [0.29, 0.717) is 17.4 Å². The predicted octanol–water partition coefficient (Wildman–Crippen LogP) is 16.5. The van der Waals surface area contributed by atoms with Crippen LogP contribution in [0.15, 0.2) is 72.9 Å². The number of carbonyl (C=O) groups excluding carboxylic acids is 1. The molecule has 0 saturated heterocycles. The number of phosphoric ester groups is 1. The number of aliphatic hydroxyl groups is 1. The highest BCUT2D eigenvalue weighted by Gasteiger charge is 2.23. The van der Waals surface area contributed by atoms with Crippen molar-refractivity contribution >= 4 is 13.7 Å². The van der Waals surface area contributed by atoms with Gasteiger partial charge in [0.1, 0.15) is 13.2 Å². The lowest BCUT2D eigenvalue weighted by Gasteiger charge is -2.29. The van der Waals surface area contributed by atoms with Crippen LogP contribution in [0.5, 0.6) is 0 Å². The molecule has 68 heavy (non-hydrogen) atoms. The van der Waals surface area contributed by atoms with E-state index in [2.05, 4.69) is 79.9 Å². The summed E-state index contributed by atoms with van der Waals surface area (Å²) in [6.45, 7) is 4.51. The third kappa shape index (κ3) is 51.8. The molecule has 3 unspecified atom stereocenters. The maximum Gasteiger partial charge on any atom is 0.268 e. The lowest BCUT2D eigenvalue weighted by molar-refractivity contribution is -0.870. The van der Waals surface area contributed by atoms with E-state index in [1.54, 1.807) is 6.08 Å². The molecule has 0 aromatic rings. The fourth-order valence-corrected chi connectivity index (χ4v) is 8.69. The predicted molar refractivity (Wildman–Crippen MR) is 293 cm³/mol. The largest absolute Gasteiger partial charge is 0.756 e. The molecule has 0 rings (SSSR count). The van der Waals surface area contributed by atoms with Gasteiger partial charge in [-0.15, -0.1) is 0 Å². The summed E-state index contributed by atoms with van der Waals surface area (Å²) in [5.41, 5.74) is 0. The van der Waals surface area contributed by atoms with Gasteiger partial charge in [-0.05, 0) is 77.0 Å². The number of hydrogen-bond acceptors (Lipinski definition) is 6. The zero-order valence-corrected chi connectivity index (χ0v) is 45.9. The van der Waals surface area contributed by atoms with Crippen LogP contribution >= 0.6 is 7.82 Å². The molecule has 0 fully saturated rings. The number of unbranched alkanes of at least 4 members (excludes halogenated alkanes) is 28. The molecule has 396 valence electrons. The molecule has 2 N–H and O–H groups in total. The molecule has 0 heterocycles. The molecule has 0 spiro atoms. The highest BCUT2D eigenvalue weighted by atomic mass is 31.2. The van der Waals surface area contributed by atoms with Crippen molar-refractivity contribution in [3.8, 4) is 0 Å². The third-order valence-electron chi connectivity index (χ3n) is 12.4. The summed E-state index contributed by atoms with van der Waals surface area (Å²) < 4.78 is 23.3. The second kappa shape index (κ2) is 49.9. The van der Waals surface area contributed by atoms with E-state index in [9.17, 15) is 19.4 Å². The van der Waals surface area contributed by atoms with Crippen molar-refractivity contribution in [2.24, 2.45) is 0 Å². The molecular formula is C59H109N2O6P. The molecular weight excluding hydrogens is 864 g/mol. The monoisotopic (exact) mass is 973 g/mol. The number of rotatable bonds is 51. The molecule has 1 amide bonds. The van der Waals surface area contributed by atoms with Gasteiger partial charge in [0.05, 0.1) is 39.9 Å². The Hall–Kier alpha value is -2.06. The molecule has 0 radical (unpaired) electrons. The minimum atomic E-state index is -4.61. The lowest BCUT2D eigenvalue weighted by Crippen LogP contribution is -2.45. The number of nitrogens with zero attached hydrogens (tertiary/aromatic N) is 1. The van der Waals surface area contributed by atoms with Crippen LogP contribution < -0.4 is 10.2 Å². The average Bonchev–Trinajstić information content (AvgIpc) is 3.30. The molecule has 0 aliphatic rings. The number of hydrogen-bond donors (Lipinski definition) is 2. The summed E-state index contributed by atoms with van der Waals surface area (Å²) in [5.74, 6) is -0.223.